The number of H-pyrrole nitrogens is 1. The number of amides is 1. The summed E-state index contributed by atoms with van der Waals surface area (Å²) in [4.78, 5) is 15.0. The third kappa shape index (κ3) is 3.84. The summed E-state index contributed by atoms with van der Waals surface area (Å²) in [5.74, 6) is 0.110. The highest BCUT2D eigenvalue weighted by molar-refractivity contribution is 5.83. The van der Waals surface area contributed by atoms with Crippen molar-refractivity contribution in [3.63, 3.8) is 0 Å². The van der Waals surface area contributed by atoms with Crippen molar-refractivity contribution < 1.29 is 4.79 Å². The summed E-state index contributed by atoms with van der Waals surface area (Å²) in [5.41, 5.74) is 2.40. The SMILES string of the molecule is CCNC(C)CC(=O)NCCc1c[nH]c2ccccc12. The predicted molar refractivity (Wildman–Crippen MR) is 82.8 cm³/mol. The molecule has 4 nitrogen and oxygen atoms in total. The smallest absolute Gasteiger partial charge is 0.221 e. The molecule has 20 heavy (non-hydrogen) atoms. The quantitative estimate of drug-likeness (QED) is 0.724. The van der Waals surface area contributed by atoms with Crippen LogP contribution in [0.1, 0.15) is 25.8 Å². The van der Waals surface area contributed by atoms with Gasteiger partial charge in [-0.2, -0.15) is 0 Å². The maximum absolute atomic E-state index is 11.8. The maximum atomic E-state index is 11.8. The van der Waals surface area contributed by atoms with E-state index in [2.05, 4.69) is 27.8 Å². The molecule has 1 aromatic carbocycles. The zero-order valence-corrected chi connectivity index (χ0v) is 12.2. The second kappa shape index (κ2) is 7.10. The summed E-state index contributed by atoms with van der Waals surface area (Å²) >= 11 is 0. The molecule has 1 aromatic heterocycles. The van der Waals surface area contributed by atoms with Gasteiger partial charge in [0.05, 0.1) is 0 Å². The zero-order valence-electron chi connectivity index (χ0n) is 12.2. The number of fused-ring (bicyclic) bond motifs is 1. The van der Waals surface area contributed by atoms with Crippen LogP contribution in [-0.2, 0) is 11.2 Å². The van der Waals surface area contributed by atoms with E-state index in [0.717, 1.165) is 18.5 Å². The molecule has 3 N–H and O–H groups in total. The molecule has 1 unspecified atom stereocenters. The van der Waals surface area contributed by atoms with Crippen molar-refractivity contribution in [3.05, 3.63) is 36.0 Å². The standard InChI is InChI=1S/C16H23N3O/c1-3-17-12(2)10-16(20)18-9-8-13-11-19-15-7-5-4-6-14(13)15/h4-7,11-12,17,19H,3,8-10H2,1-2H3,(H,18,20). The lowest BCUT2D eigenvalue weighted by molar-refractivity contribution is -0.121. The molecular weight excluding hydrogens is 250 g/mol. The van der Waals surface area contributed by atoms with Crippen LogP contribution in [-0.4, -0.2) is 30.0 Å². The highest BCUT2D eigenvalue weighted by atomic mass is 16.1. The number of rotatable bonds is 7. The van der Waals surface area contributed by atoms with Crippen LogP contribution in [0.3, 0.4) is 0 Å². The van der Waals surface area contributed by atoms with Crippen molar-refractivity contribution in [1.29, 1.82) is 0 Å². The molecule has 0 bridgehead atoms. The molecule has 0 aliphatic carbocycles. The van der Waals surface area contributed by atoms with Crippen LogP contribution in [0.25, 0.3) is 10.9 Å². The third-order valence-corrected chi connectivity index (χ3v) is 3.44. The van der Waals surface area contributed by atoms with Gasteiger partial charge in [-0.3, -0.25) is 4.79 Å². The van der Waals surface area contributed by atoms with Gasteiger partial charge in [0.15, 0.2) is 0 Å². The minimum absolute atomic E-state index is 0.110. The number of hydrogen-bond acceptors (Lipinski definition) is 2. The Labute approximate surface area is 120 Å². The van der Waals surface area contributed by atoms with Crippen molar-refractivity contribution in [2.75, 3.05) is 13.1 Å². The Kier molecular flexibility index (Phi) is 5.18. The molecule has 0 aliphatic rings. The first-order chi connectivity index (χ1) is 9.70. The average Bonchev–Trinajstić information content (AvgIpc) is 2.82. The number of nitrogens with one attached hydrogen (secondary N) is 3. The topological polar surface area (TPSA) is 56.9 Å². The highest BCUT2D eigenvalue weighted by Gasteiger charge is 2.08. The van der Waals surface area contributed by atoms with Gasteiger partial charge in [0, 0.05) is 36.1 Å². The van der Waals surface area contributed by atoms with E-state index in [1.54, 1.807) is 0 Å². The lowest BCUT2D eigenvalue weighted by Crippen LogP contribution is -2.34. The zero-order chi connectivity index (χ0) is 14.4. The third-order valence-electron chi connectivity index (χ3n) is 3.44. The Morgan fingerprint density at radius 2 is 2.15 bits per heavy atom. The van der Waals surface area contributed by atoms with Crippen LogP contribution >= 0.6 is 0 Å². The highest BCUT2D eigenvalue weighted by Crippen LogP contribution is 2.17. The summed E-state index contributed by atoms with van der Waals surface area (Å²) in [6, 6.07) is 8.46. The molecule has 0 radical (unpaired) electrons. The summed E-state index contributed by atoms with van der Waals surface area (Å²) in [6.45, 7) is 5.65. The Hall–Kier alpha value is -1.81. The van der Waals surface area contributed by atoms with Gasteiger partial charge in [-0.05, 0) is 31.5 Å². The van der Waals surface area contributed by atoms with E-state index in [1.165, 1.54) is 10.9 Å². The van der Waals surface area contributed by atoms with E-state index in [4.69, 9.17) is 0 Å². The van der Waals surface area contributed by atoms with Gasteiger partial charge in [-0.1, -0.05) is 25.1 Å². The summed E-state index contributed by atoms with van der Waals surface area (Å²) < 4.78 is 0. The monoisotopic (exact) mass is 273 g/mol. The Balaban J connectivity index is 1.80. The maximum Gasteiger partial charge on any atom is 0.221 e. The van der Waals surface area contributed by atoms with Gasteiger partial charge in [0.25, 0.3) is 0 Å². The van der Waals surface area contributed by atoms with E-state index >= 15 is 0 Å². The fraction of sp³-hybridized carbons (Fsp3) is 0.438. The lowest BCUT2D eigenvalue weighted by Gasteiger charge is -2.11. The lowest BCUT2D eigenvalue weighted by atomic mass is 10.1. The van der Waals surface area contributed by atoms with E-state index in [0.29, 0.717) is 13.0 Å². The van der Waals surface area contributed by atoms with Gasteiger partial charge >= 0.3 is 0 Å². The van der Waals surface area contributed by atoms with Crippen molar-refractivity contribution in [3.8, 4) is 0 Å². The van der Waals surface area contributed by atoms with Crippen molar-refractivity contribution in [2.24, 2.45) is 0 Å². The molecule has 0 saturated heterocycles. The second-order valence-electron chi connectivity index (χ2n) is 5.12. The van der Waals surface area contributed by atoms with Crippen LogP contribution in [0.5, 0.6) is 0 Å². The van der Waals surface area contributed by atoms with Gasteiger partial charge in [0.1, 0.15) is 0 Å². The Morgan fingerprint density at radius 1 is 1.35 bits per heavy atom. The van der Waals surface area contributed by atoms with Crippen molar-refractivity contribution in [1.82, 2.24) is 15.6 Å². The largest absolute Gasteiger partial charge is 0.361 e. The van der Waals surface area contributed by atoms with Crippen molar-refractivity contribution >= 4 is 16.8 Å². The fourth-order valence-electron chi connectivity index (χ4n) is 2.45. The molecule has 4 heteroatoms. The van der Waals surface area contributed by atoms with Crippen LogP contribution < -0.4 is 10.6 Å². The summed E-state index contributed by atoms with van der Waals surface area (Å²) in [7, 11) is 0. The van der Waals surface area contributed by atoms with Gasteiger partial charge in [-0.25, -0.2) is 0 Å². The molecule has 1 atom stereocenters. The van der Waals surface area contributed by atoms with Crippen LogP contribution in [0.15, 0.2) is 30.5 Å². The molecule has 0 aliphatic heterocycles. The Bertz CT molecular complexity index is 562. The predicted octanol–water partition coefficient (Wildman–Crippen LogP) is 2.21. The number of para-hydroxylation sites is 1. The minimum atomic E-state index is 0.110. The molecule has 2 rings (SSSR count). The van der Waals surface area contributed by atoms with Gasteiger partial charge in [0.2, 0.25) is 5.91 Å². The number of carbonyl (C=O) groups excluding carboxylic acids is 1. The molecule has 1 heterocycles. The first-order valence-corrected chi connectivity index (χ1v) is 7.25. The first-order valence-electron chi connectivity index (χ1n) is 7.25. The Morgan fingerprint density at radius 3 is 2.95 bits per heavy atom. The first kappa shape index (κ1) is 14.6. The van der Waals surface area contributed by atoms with E-state index < -0.39 is 0 Å². The van der Waals surface area contributed by atoms with E-state index in [1.807, 2.05) is 32.2 Å². The van der Waals surface area contributed by atoms with Crippen molar-refractivity contribution in [2.45, 2.75) is 32.7 Å². The molecule has 0 fully saturated rings. The van der Waals surface area contributed by atoms with Crippen LogP contribution in [0, 0.1) is 0 Å². The summed E-state index contributed by atoms with van der Waals surface area (Å²) in [5, 5.41) is 7.46. The second-order valence-corrected chi connectivity index (χ2v) is 5.12. The fourth-order valence-corrected chi connectivity index (χ4v) is 2.45. The normalized spacial score (nSPS) is 12.5. The van der Waals surface area contributed by atoms with E-state index in [-0.39, 0.29) is 11.9 Å². The van der Waals surface area contributed by atoms with Gasteiger partial charge < -0.3 is 15.6 Å². The molecule has 0 saturated carbocycles. The summed E-state index contributed by atoms with van der Waals surface area (Å²) in [6.07, 6.45) is 3.41. The molecule has 0 spiro atoms. The number of aromatic amines is 1. The number of aromatic nitrogens is 1. The van der Waals surface area contributed by atoms with E-state index in [9.17, 15) is 4.79 Å². The number of benzene rings is 1. The van der Waals surface area contributed by atoms with Crippen LogP contribution in [0.4, 0.5) is 0 Å². The molecule has 1 amide bonds. The minimum Gasteiger partial charge on any atom is -0.361 e. The van der Waals surface area contributed by atoms with Crippen LogP contribution in [0.2, 0.25) is 0 Å². The average molecular weight is 273 g/mol. The number of hydrogen-bond donors (Lipinski definition) is 3. The molecular formula is C16H23N3O. The number of carbonyl (C=O) groups is 1. The molecule has 108 valence electrons. The van der Waals surface area contributed by atoms with Gasteiger partial charge in [-0.15, -0.1) is 0 Å². The molecule has 2 aromatic rings.